The lowest BCUT2D eigenvalue weighted by Gasteiger charge is -1.99. The molecule has 0 aromatic heterocycles. The second-order valence-corrected chi connectivity index (χ2v) is 6.82. The number of rotatable bonds is 10. The van der Waals surface area contributed by atoms with Crippen LogP contribution in [0.1, 0.15) is 25.0 Å². The highest BCUT2D eigenvalue weighted by molar-refractivity contribution is 5.99. The van der Waals surface area contributed by atoms with Gasteiger partial charge in [-0.15, -0.1) is 0 Å². The largest absolute Gasteiger partial charge is 0.466 e. The van der Waals surface area contributed by atoms with E-state index in [4.69, 9.17) is 9.68 Å². The predicted molar refractivity (Wildman–Crippen MR) is 135 cm³/mol. The van der Waals surface area contributed by atoms with Crippen LogP contribution in [0.25, 0.3) is 0 Å². The Morgan fingerprint density at radius 2 is 1.00 bits per heavy atom. The first kappa shape index (κ1) is 30.6. The van der Waals surface area contributed by atoms with E-state index in [1.807, 2.05) is 0 Å². The molecule has 38 heavy (non-hydrogen) atoms. The molecular weight excluding hydrogens is 504 g/mol. The molecule has 0 N–H and O–H groups in total. The molecular formula is C24H24N4O10. The summed E-state index contributed by atoms with van der Waals surface area (Å²) in [5.41, 5.74) is 2.40. The number of nitro groups is 2. The number of ether oxygens (including phenoxy) is 2. The highest BCUT2D eigenvalue weighted by Crippen LogP contribution is 2.13. The minimum atomic E-state index is -0.553. The summed E-state index contributed by atoms with van der Waals surface area (Å²) < 4.78 is 8.72. The van der Waals surface area contributed by atoms with E-state index in [1.165, 1.54) is 38.5 Å². The van der Waals surface area contributed by atoms with Crippen molar-refractivity contribution in [3.63, 3.8) is 0 Å². The van der Waals surface area contributed by atoms with Gasteiger partial charge in [-0.1, -0.05) is 10.3 Å². The summed E-state index contributed by atoms with van der Waals surface area (Å²) in [7, 11) is 2.50. The molecule has 0 unspecified atom stereocenters. The molecule has 0 aliphatic rings. The van der Waals surface area contributed by atoms with Gasteiger partial charge in [-0.3, -0.25) is 20.2 Å². The summed E-state index contributed by atoms with van der Waals surface area (Å²) in [5, 5.41) is 28.4. The van der Waals surface area contributed by atoms with Crippen LogP contribution < -0.4 is 0 Å². The number of methoxy groups -OCH3 is 2. The molecule has 0 saturated heterocycles. The van der Waals surface area contributed by atoms with E-state index in [1.54, 1.807) is 38.1 Å². The fraction of sp³-hybridized carbons (Fsp3) is 0.167. The summed E-state index contributed by atoms with van der Waals surface area (Å²) in [6, 6.07) is 11.7. The summed E-state index contributed by atoms with van der Waals surface area (Å²) in [4.78, 5) is 51.0. The van der Waals surface area contributed by atoms with Crippen molar-refractivity contribution in [1.29, 1.82) is 0 Å². The van der Waals surface area contributed by atoms with Gasteiger partial charge in [0, 0.05) is 24.3 Å². The third-order valence-electron chi connectivity index (χ3n) is 4.30. The van der Waals surface area contributed by atoms with Crippen LogP contribution in [0, 0.1) is 20.2 Å². The third kappa shape index (κ3) is 11.4. The molecule has 200 valence electrons. The standard InChI is InChI=1S/2C12H12N2O5/c2*1-9(13-19-8-7-12(15)18-2)10-3-5-11(6-4-10)14(16)17/h2*3-8H,1-2H3/b2*8-7+,13-9+. The van der Waals surface area contributed by atoms with Crippen molar-refractivity contribution in [3.05, 3.63) is 105 Å². The van der Waals surface area contributed by atoms with E-state index in [9.17, 15) is 29.8 Å². The van der Waals surface area contributed by atoms with Crippen LogP contribution in [0.3, 0.4) is 0 Å². The molecule has 0 fully saturated rings. The molecule has 0 saturated carbocycles. The van der Waals surface area contributed by atoms with Gasteiger partial charge in [-0.2, -0.15) is 0 Å². The maximum Gasteiger partial charge on any atom is 0.333 e. The first-order chi connectivity index (χ1) is 18.1. The zero-order valence-corrected chi connectivity index (χ0v) is 20.8. The van der Waals surface area contributed by atoms with E-state index in [-0.39, 0.29) is 11.4 Å². The number of carbonyl (C=O) groups is 2. The molecule has 0 bridgehead atoms. The quantitative estimate of drug-likeness (QED) is 0.109. The van der Waals surface area contributed by atoms with Gasteiger partial charge in [0.1, 0.15) is 12.5 Å². The van der Waals surface area contributed by atoms with E-state index < -0.39 is 21.8 Å². The van der Waals surface area contributed by atoms with Gasteiger partial charge < -0.3 is 19.1 Å². The maximum absolute atomic E-state index is 10.7. The second-order valence-electron chi connectivity index (χ2n) is 6.82. The van der Waals surface area contributed by atoms with E-state index in [0.29, 0.717) is 22.6 Å². The molecule has 2 aromatic rings. The van der Waals surface area contributed by atoms with Gasteiger partial charge >= 0.3 is 11.9 Å². The molecule has 0 aliphatic carbocycles. The van der Waals surface area contributed by atoms with Crippen molar-refractivity contribution in [1.82, 2.24) is 0 Å². The Morgan fingerprint density at radius 3 is 1.26 bits per heavy atom. The third-order valence-corrected chi connectivity index (χ3v) is 4.30. The van der Waals surface area contributed by atoms with Gasteiger partial charge in [0.05, 0.1) is 47.6 Å². The van der Waals surface area contributed by atoms with Crippen LogP contribution in [0.2, 0.25) is 0 Å². The monoisotopic (exact) mass is 528 g/mol. The number of nitrogens with zero attached hydrogens (tertiary/aromatic N) is 4. The predicted octanol–water partition coefficient (Wildman–Crippen LogP) is 4.04. The van der Waals surface area contributed by atoms with Gasteiger partial charge in [0.15, 0.2) is 0 Å². The van der Waals surface area contributed by atoms with E-state index in [0.717, 1.165) is 24.7 Å². The first-order valence-electron chi connectivity index (χ1n) is 10.5. The molecule has 0 radical (unpaired) electrons. The van der Waals surface area contributed by atoms with Crippen LogP contribution >= 0.6 is 0 Å². The number of benzene rings is 2. The van der Waals surface area contributed by atoms with E-state index in [2.05, 4.69) is 19.8 Å². The molecule has 14 heteroatoms. The molecule has 0 amide bonds. The zero-order valence-electron chi connectivity index (χ0n) is 20.8. The molecule has 2 aromatic carbocycles. The normalized spacial score (nSPS) is 11.4. The Labute approximate surface area is 216 Å². The topological polar surface area (TPSA) is 182 Å². The van der Waals surface area contributed by atoms with Crippen molar-refractivity contribution in [2.45, 2.75) is 13.8 Å². The van der Waals surface area contributed by atoms with Crippen molar-refractivity contribution in [3.8, 4) is 0 Å². The molecule has 14 nitrogen and oxygen atoms in total. The van der Waals surface area contributed by atoms with Gasteiger partial charge in [0.25, 0.3) is 11.4 Å². The Bertz CT molecular complexity index is 1140. The molecule has 2 rings (SSSR count). The van der Waals surface area contributed by atoms with Gasteiger partial charge in [0.2, 0.25) is 0 Å². The maximum atomic E-state index is 10.7. The fourth-order valence-electron chi connectivity index (χ4n) is 2.28. The highest BCUT2D eigenvalue weighted by atomic mass is 16.6. The summed E-state index contributed by atoms with van der Waals surface area (Å²) in [6.07, 6.45) is 4.32. The van der Waals surface area contributed by atoms with Crippen molar-refractivity contribution >= 4 is 34.7 Å². The Kier molecular flexibility index (Phi) is 13.1. The number of hydrogen-bond donors (Lipinski definition) is 0. The smallest absolute Gasteiger partial charge is 0.333 e. The Hall–Kier alpha value is -5.40. The molecule has 0 atom stereocenters. The molecule has 0 heterocycles. The number of carbonyl (C=O) groups excluding carboxylic acids is 2. The van der Waals surface area contributed by atoms with Crippen LogP contribution in [-0.2, 0) is 28.7 Å². The highest BCUT2D eigenvalue weighted by Gasteiger charge is 2.06. The number of nitro benzene ring substituents is 2. The summed E-state index contributed by atoms with van der Waals surface area (Å²) >= 11 is 0. The Morgan fingerprint density at radius 1 is 0.684 bits per heavy atom. The minimum absolute atomic E-state index is 0.00283. The minimum Gasteiger partial charge on any atom is -0.466 e. The van der Waals surface area contributed by atoms with E-state index >= 15 is 0 Å². The lowest BCUT2D eigenvalue weighted by Crippen LogP contribution is -1.97. The van der Waals surface area contributed by atoms with Gasteiger partial charge in [-0.05, 0) is 49.2 Å². The van der Waals surface area contributed by atoms with Gasteiger partial charge in [-0.25, -0.2) is 9.59 Å². The fourth-order valence-corrected chi connectivity index (χ4v) is 2.28. The lowest BCUT2D eigenvalue weighted by atomic mass is 10.1. The number of esters is 2. The van der Waals surface area contributed by atoms with Crippen LogP contribution in [0.4, 0.5) is 11.4 Å². The number of oxime groups is 2. The van der Waals surface area contributed by atoms with Crippen LogP contribution in [-0.4, -0.2) is 47.4 Å². The molecule has 0 aliphatic heterocycles. The lowest BCUT2D eigenvalue weighted by molar-refractivity contribution is -0.385. The average Bonchev–Trinajstić information content (AvgIpc) is 2.93. The van der Waals surface area contributed by atoms with Crippen molar-refractivity contribution in [2.75, 3.05) is 14.2 Å². The van der Waals surface area contributed by atoms with Crippen molar-refractivity contribution < 1.29 is 38.6 Å². The molecule has 0 spiro atoms. The second kappa shape index (κ2) is 16.3. The average molecular weight is 528 g/mol. The first-order valence-corrected chi connectivity index (χ1v) is 10.5. The van der Waals surface area contributed by atoms with Crippen LogP contribution in [0.5, 0.6) is 0 Å². The number of hydrogen-bond acceptors (Lipinski definition) is 12. The SMILES string of the molecule is COC(=O)/C=C/O/N=C(\C)c1ccc([N+](=O)[O-])cc1.COC(=O)/C=C/O/N=C(\C)c1ccc([N+](=O)[O-])cc1. The Balaban J connectivity index is 0.000000380. The number of non-ortho nitro benzene ring substituents is 2. The van der Waals surface area contributed by atoms with Crippen LogP contribution in [0.15, 0.2) is 83.5 Å². The summed E-state index contributed by atoms with van der Waals surface area (Å²) in [5.74, 6) is -1.11. The zero-order chi connectivity index (χ0) is 28.5. The summed E-state index contributed by atoms with van der Waals surface area (Å²) in [6.45, 7) is 3.35. The van der Waals surface area contributed by atoms with Crippen molar-refractivity contribution in [2.24, 2.45) is 10.3 Å².